The zero-order valence-corrected chi connectivity index (χ0v) is 27.3. The van der Waals surface area contributed by atoms with Gasteiger partial charge in [-0.25, -0.2) is 8.42 Å². The van der Waals surface area contributed by atoms with Gasteiger partial charge in [-0.15, -0.1) is 0 Å². The number of methoxy groups -OCH3 is 2. The van der Waals surface area contributed by atoms with E-state index in [1.807, 2.05) is 6.92 Å². The first-order valence-electron chi connectivity index (χ1n) is 14.4. The number of ether oxygens (including phenoxy) is 2. The van der Waals surface area contributed by atoms with Crippen LogP contribution >= 0.6 is 23.2 Å². The molecule has 9 nitrogen and oxygen atoms in total. The van der Waals surface area contributed by atoms with Gasteiger partial charge in [0.25, 0.3) is 10.0 Å². The van der Waals surface area contributed by atoms with Crippen LogP contribution in [-0.2, 0) is 26.2 Å². The SMILES string of the molecule is CCC(C(=O)NC1CCCC1)N(Cc1ccc(Cl)cc1Cl)C(=O)CN(c1ccccc1OC)S(=O)(=O)c1ccc(OC)cc1. The third-order valence-electron chi connectivity index (χ3n) is 7.72. The van der Waals surface area contributed by atoms with Gasteiger partial charge in [-0.1, -0.05) is 61.2 Å². The number of carbonyl (C=O) groups excluding carboxylic acids is 2. The van der Waals surface area contributed by atoms with Crippen molar-refractivity contribution in [2.24, 2.45) is 0 Å². The highest BCUT2D eigenvalue weighted by Crippen LogP contribution is 2.33. The molecular weight excluding hydrogens is 625 g/mol. The second kappa shape index (κ2) is 15.0. The van der Waals surface area contributed by atoms with E-state index in [4.69, 9.17) is 32.7 Å². The van der Waals surface area contributed by atoms with Crippen LogP contribution in [0.25, 0.3) is 0 Å². The molecule has 0 radical (unpaired) electrons. The molecule has 1 fully saturated rings. The Bertz CT molecular complexity index is 1560. The largest absolute Gasteiger partial charge is 0.497 e. The molecule has 1 unspecified atom stereocenters. The summed E-state index contributed by atoms with van der Waals surface area (Å²) in [6, 6.07) is 16.5. The molecular formula is C32H37Cl2N3O6S. The number of nitrogens with one attached hydrogen (secondary N) is 1. The normalized spacial score (nSPS) is 14.1. The molecule has 0 aromatic heterocycles. The second-order valence-electron chi connectivity index (χ2n) is 10.5. The third-order valence-corrected chi connectivity index (χ3v) is 10.1. The van der Waals surface area contributed by atoms with Crippen molar-refractivity contribution in [1.82, 2.24) is 10.2 Å². The summed E-state index contributed by atoms with van der Waals surface area (Å²) in [6.07, 6.45) is 4.11. The molecule has 0 bridgehead atoms. The first-order valence-corrected chi connectivity index (χ1v) is 16.6. The van der Waals surface area contributed by atoms with Gasteiger partial charge >= 0.3 is 0 Å². The van der Waals surface area contributed by atoms with E-state index < -0.39 is 28.5 Å². The van der Waals surface area contributed by atoms with Gasteiger partial charge in [0.1, 0.15) is 24.1 Å². The number of halogens is 2. The highest BCUT2D eigenvalue weighted by molar-refractivity contribution is 7.92. The molecule has 44 heavy (non-hydrogen) atoms. The Morgan fingerprint density at radius 2 is 1.66 bits per heavy atom. The average molecular weight is 663 g/mol. The molecule has 3 aromatic carbocycles. The number of anilines is 1. The maximum absolute atomic E-state index is 14.3. The predicted octanol–water partition coefficient (Wildman–Crippen LogP) is 6.07. The number of amides is 2. The Morgan fingerprint density at radius 1 is 0.977 bits per heavy atom. The molecule has 12 heteroatoms. The number of sulfonamides is 1. The van der Waals surface area contributed by atoms with Crippen molar-refractivity contribution in [3.05, 3.63) is 82.3 Å². The van der Waals surface area contributed by atoms with Crippen LogP contribution in [0.2, 0.25) is 10.0 Å². The molecule has 3 aromatic rings. The summed E-state index contributed by atoms with van der Waals surface area (Å²) in [4.78, 5) is 29.3. The van der Waals surface area contributed by atoms with Gasteiger partial charge in [0.15, 0.2) is 0 Å². The number of para-hydroxylation sites is 2. The van der Waals surface area contributed by atoms with Crippen LogP contribution < -0.4 is 19.1 Å². The molecule has 4 rings (SSSR count). The summed E-state index contributed by atoms with van der Waals surface area (Å²) in [5.74, 6) is -0.142. The highest BCUT2D eigenvalue weighted by Gasteiger charge is 2.35. The fourth-order valence-corrected chi connectivity index (χ4v) is 7.24. The van der Waals surface area contributed by atoms with Crippen LogP contribution in [0, 0.1) is 0 Å². The van der Waals surface area contributed by atoms with Crippen molar-refractivity contribution >= 4 is 50.7 Å². The third kappa shape index (κ3) is 7.78. The molecule has 1 aliphatic carbocycles. The van der Waals surface area contributed by atoms with E-state index in [9.17, 15) is 18.0 Å². The Hall–Kier alpha value is -3.47. The van der Waals surface area contributed by atoms with Crippen LogP contribution in [0.4, 0.5) is 5.69 Å². The lowest BCUT2D eigenvalue weighted by molar-refractivity contribution is -0.140. The Balaban J connectivity index is 1.76. The Labute approximate surface area is 269 Å². The average Bonchev–Trinajstić information content (AvgIpc) is 3.53. The van der Waals surface area contributed by atoms with E-state index in [1.165, 1.54) is 43.4 Å². The molecule has 1 saturated carbocycles. The van der Waals surface area contributed by atoms with Crippen molar-refractivity contribution in [2.75, 3.05) is 25.1 Å². The lowest BCUT2D eigenvalue weighted by Crippen LogP contribution is -2.53. The van der Waals surface area contributed by atoms with Gasteiger partial charge in [-0.3, -0.25) is 13.9 Å². The van der Waals surface area contributed by atoms with Crippen molar-refractivity contribution in [2.45, 2.75) is 62.6 Å². The second-order valence-corrected chi connectivity index (χ2v) is 13.2. The predicted molar refractivity (Wildman–Crippen MR) is 172 cm³/mol. The van der Waals surface area contributed by atoms with Crippen LogP contribution in [0.3, 0.4) is 0 Å². The number of hydrogen-bond acceptors (Lipinski definition) is 6. The molecule has 1 atom stereocenters. The van der Waals surface area contributed by atoms with Crippen LogP contribution in [-0.4, -0.2) is 58.0 Å². The van der Waals surface area contributed by atoms with E-state index in [2.05, 4.69) is 5.32 Å². The van der Waals surface area contributed by atoms with Gasteiger partial charge in [-0.2, -0.15) is 0 Å². The number of hydrogen-bond donors (Lipinski definition) is 1. The summed E-state index contributed by atoms with van der Waals surface area (Å²) in [6.45, 7) is 1.18. The molecule has 0 saturated heterocycles. The topological polar surface area (TPSA) is 105 Å². The zero-order valence-electron chi connectivity index (χ0n) is 25.0. The van der Waals surface area contributed by atoms with Crippen LogP contribution in [0.1, 0.15) is 44.6 Å². The van der Waals surface area contributed by atoms with E-state index in [0.717, 1.165) is 30.0 Å². The van der Waals surface area contributed by atoms with E-state index in [-0.39, 0.29) is 34.8 Å². The highest BCUT2D eigenvalue weighted by atomic mass is 35.5. The quantitative estimate of drug-likeness (QED) is 0.238. The maximum atomic E-state index is 14.3. The van der Waals surface area contributed by atoms with E-state index in [0.29, 0.717) is 27.8 Å². The number of benzene rings is 3. The Kier molecular flexibility index (Phi) is 11.4. The fraction of sp³-hybridized carbons (Fsp3) is 0.375. The number of carbonyl (C=O) groups is 2. The zero-order chi connectivity index (χ0) is 31.9. The molecule has 0 spiro atoms. The van der Waals surface area contributed by atoms with Crippen molar-refractivity contribution in [1.29, 1.82) is 0 Å². The van der Waals surface area contributed by atoms with Crippen LogP contribution in [0.5, 0.6) is 11.5 Å². The van der Waals surface area contributed by atoms with Crippen molar-refractivity contribution < 1.29 is 27.5 Å². The first kappa shape index (κ1) is 33.4. The standard InChI is InChI=1S/C32H37Cl2N3O6S/c1-4-28(32(39)35-24-9-5-6-10-24)36(20-22-13-14-23(33)19-27(22)34)31(38)21-37(29-11-7-8-12-30(29)43-3)44(40,41)26-17-15-25(42-2)16-18-26/h7-8,11-19,24,28H,4-6,9-10,20-21H2,1-3H3,(H,35,39). The van der Waals surface area contributed by atoms with Gasteiger partial charge in [0, 0.05) is 22.6 Å². The van der Waals surface area contributed by atoms with Gasteiger partial charge < -0.3 is 19.7 Å². The minimum Gasteiger partial charge on any atom is -0.497 e. The minimum absolute atomic E-state index is 0.0340. The summed E-state index contributed by atoms with van der Waals surface area (Å²) < 4.78 is 40.0. The summed E-state index contributed by atoms with van der Waals surface area (Å²) in [7, 11) is -1.38. The monoisotopic (exact) mass is 661 g/mol. The number of nitrogens with zero attached hydrogens (tertiary/aromatic N) is 2. The smallest absolute Gasteiger partial charge is 0.264 e. The summed E-state index contributed by atoms with van der Waals surface area (Å²) in [5.41, 5.74) is 0.741. The van der Waals surface area contributed by atoms with Gasteiger partial charge in [0.2, 0.25) is 11.8 Å². The molecule has 0 heterocycles. The first-order chi connectivity index (χ1) is 21.1. The van der Waals surface area contributed by atoms with E-state index in [1.54, 1.807) is 42.5 Å². The fourth-order valence-electron chi connectivity index (χ4n) is 5.34. The van der Waals surface area contributed by atoms with Crippen molar-refractivity contribution in [3.8, 4) is 11.5 Å². The van der Waals surface area contributed by atoms with E-state index >= 15 is 0 Å². The van der Waals surface area contributed by atoms with Crippen LogP contribution in [0.15, 0.2) is 71.6 Å². The van der Waals surface area contributed by atoms with Gasteiger partial charge in [0.05, 0.1) is 24.8 Å². The maximum Gasteiger partial charge on any atom is 0.264 e. The number of rotatable bonds is 13. The van der Waals surface area contributed by atoms with Crippen molar-refractivity contribution in [3.63, 3.8) is 0 Å². The summed E-state index contributed by atoms with van der Waals surface area (Å²) >= 11 is 12.6. The Morgan fingerprint density at radius 3 is 2.27 bits per heavy atom. The summed E-state index contributed by atoms with van der Waals surface area (Å²) in [5, 5.41) is 3.85. The lowest BCUT2D eigenvalue weighted by atomic mass is 10.1. The molecule has 0 aliphatic heterocycles. The molecule has 2 amide bonds. The molecule has 1 N–H and O–H groups in total. The minimum atomic E-state index is -4.29. The molecule has 1 aliphatic rings. The lowest BCUT2D eigenvalue weighted by Gasteiger charge is -2.34. The molecule has 236 valence electrons. The van der Waals surface area contributed by atoms with Gasteiger partial charge in [-0.05, 0) is 73.4 Å².